The van der Waals surface area contributed by atoms with E-state index in [0.29, 0.717) is 18.0 Å². The number of carbonyl (C=O) groups is 1. The molecule has 98 valence electrons. The number of alkyl halides is 1. The van der Waals surface area contributed by atoms with E-state index in [1.807, 2.05) is 29.2 Å². The number of rotatable bonds is 2. The van der Waals surface area contributed by atoms with Crippen molar-refractivity contribution >= 4 is 17.5 Å². The molecule has 0 aromatic heterocycles. The number of hydrogen-bond donors (Lipinski definition) is 0. The van der Waals surface area contributed by atoms with Gasteiger partial charge in [0.05, 0.1) is 0 Å². The summed E-state index contributed by atoms with van der Waals surface area (Å²) < 4.78 is 0. The van der Waals surface area contributed by atoms with Crippen LogP contribution in [0.1, 0.15) is 49.0 Å². The second-order valence-corrected chi connectivity index (χ2v) is 5.44. The van der Waals surface area contributed by atoms with Crippen LogP contribution in [0.5, 0.6) is 0 Å². The zero-order valence-corrected chi connectivity index (χ0v) is 11.8. The third-order valence-corrected chi connectivity index (χ3v) is 4.09. The molecule has 1 aliphatic rings. The van der Waals surface area contributed by atoms with Gasteiger partial charge in [-0.15, -0.1) is 11.6 Å². The predicted octanol–water partition coefficient (Wildman–Crippen LogP) is 3.83. The molecule has 0 spiro atoms. The molecular formula is C15H20ClNO. The zero-order valence-electron chi connectivity index (χ0n) is 11.0. The molecule has 0 aliphatic carbocycles. The SMILES string of the molecule is C[C@@H]1CCC[C@H](C)N1C(=O)c1ccc(CCl)cc1. The van der Waals surface area contributed by atoms with Gasteiger partial charge < -0.3 is 4.90 Å². The monoisotopic (exact) mass is 265 g/mol. The summed E-state index contributed by atoms with van der Waals surface area (Å²) in [6.45, 7) is 4.28. The first kappa shape index (κ1) is 13.4. The molecule has 1 aromatic rings. The van der Waals surface area contributed by atoms with Crippen LogP contribution in [0.4, 0.5) is 0 Å². The topological polar surface area (TPSA) is 20.3 Å². The number of carbonyl (C=O) groups excluding carboxylic acids is 1. The number of amides is 1. The van der Waals surface area contributed by atoms with E-state index in [4.69, 9.17) is 11.6 Å². The molecule has 0 bridgehead atoms. The third kappa shape index (κ3) is 2.69. The lowest BCUT2D eigenvalue weighted by molar-refractivity contribution is 0.0511. The molecule has 1 saturated heterocycles. The summed E-state index contributed by atoms with van der Waals surface area (Å²) in [5, 5.41) is 0. The zero-order chi connectivity index (χ0) is 13.1. The second-order valence-electron chi connectivity index (χ2n) is 5.17. The molecule has 1 aromatic carbocycles. The number of likely N-dealkylation sites (tertiary alicyclic amines) is 1. The van der Waals surface area contributed by atoms with Crippen molar-refractivity contribution < 1.29 is 4.79 Å². The van der Waals surface area contributed by atoms with Crippen LogP contribution >= 0.6 is 11.6 Å². The van der Waals surface area contributed by atoms with Gasteiger partial charge in [0.1, 0.15) is 0 Å². The van der Waals surface area contributed by atoms with Crippen molar-refractivity contribution in [3.8, 4) is 0 Å². The van der Waals surface area contributed by atoms with Gasteiger partial charge in [-0.2, -0.15) is 0 Å². The van der Waals surface area contributed by atoms with Crippen molar-refractivity contribution in [2.45, 2.75) is 51.1 Å². The van der Waals surface area contributed by atoms with E-state index >= 15 is 0 Å². The number of piperidine rings is 1. The van der Waals surface area contributed by atoms with Crippen molar-refractivity contribution in [2.24, 2.45) is 0 Å². The van der Waals surface area contributed by atoms with E-state index in [9.17, 15) is 4.79 Å². The first-order valence-corrected chi connectivity index (χ1v) is 7.14. The molecule has 18 heavy (non-hydrogen) atoms. The average molecular weight is 266 g/mol. The molecule has 1 aliphatic heterocycles. The van der Waals surface area contributed by atoms with Crippen molar-refractivity contribution in [2.75, 3.05) is 0 Å². The fourth-order valence-electron chi connectivity index (χ4n) is 2.71. The molecule has 0 unspecified atom stereocenters. The Balaban J connectivity index is 2.18. The Morgan fingerprint density at radius 2 is 1.78 bits per heavy atom. The van der Waals surface area contributed by atoms with Crippen LogP contribution in [0.2, 0.25) is 0 Å². The summed E-state index contributed by atoms with van der Waals surface area (Å²) in [6, 6.07) is 8.31. The summed E-state index contributed by atoms with van der Waals surface area (Å²) in [5.41, 5.74) is 1.82. The van der Waals surface area contributed by atoms with Gasteiger partial charge in [0.25, 0.3) is 5.91 Å². The lowest BCUT2D eigenvalue weighted by Gasteiger charge is -2.39. The minimum atomic E-state index is 0.149. The summed E-state index contributed by atoms with van der Waals surface area (Å²) in [4.78, 5) is 14.5. The van der Waals surface area contributed by atoms with Crippen molar-refractivity contribution in [3.05, 3.63) is 35.4 Å². The quantitative estimate of drug-likeness (QED) is 0.745. The van der Waals surface area contributed by atoms with Gasteiger partial charge in [-0.3, -0.25) is 4.79 Å². The fraction of sp³-hybridized carbons (Fsp3) is 0.533. The maximum Gasteiger partial charge on any atom is 0.254 e. The number of halogens is 1. The molecule has 2 atom stereocenters. The van der Waals surface area contributed by atoms with Crippen LogP contribution in [0.25, 0.3) is 0 Å². The third-order valence-electron chi connectivity index (χ3n) is 3.78. The highest BCUT2D eigenvalue weighted by molar-refractivity contribution is 6.17. The number of benzene rings is 1. The van der Waals surface area contributed by atoms with Gasteiger partial charge in [-0.25, -0.2) is 0 Å². The van der Waals surface area contributed by atoms with Gasteiger partial charge in [0.2, 0.25) is 0 Å². The number of hydrogen-bond acceptors (Lipinski definition) is 1. The molecule has 2 nitrogen and oxygen atoms in total. The molecule has 2 rings (SSSR count). The fourth-order valence-corrected chi connectivity index (χ4v) is 2.89. The van der Waals surface area contributed by atoms with Crippen LogP contribution < -0.4 is 0 Å². The Kier molecular flexibility index (Phi) is 4.28. The second kappa shape index (κ2) is 5.75. The minimum Gasteiger partial charge on any atom is -0.333 e. The van der Waals surface area contributed by atoms with E-state index in [2.05, 4.69) is 13.8 Å². The normalized spacial score (nSPS) is 24.1. The van der Waals surface area contributed by atoms with Crippen LogP contribution in [0, 0.1) is 0 Å². The lowest BCUT2D eigenvalue weighted by Crippen LogP contribution is -2.47. The maximum absolute atomic E-state index is 12.5. The van der Waals surface area contributed by atoms with Crippen LogP contribution in [-0.4, -0.2) is 22.9 Å². The van der Waals surface area contributed by atoms with Gasteiger partial charge in [0, 0.05) is 23.5 Å². The average Bonchev–Trinajstić information content (AvgIpc) is 2.38. The highest BCUT2D eigenvalue weighted by Gasteiger charge is 2.29. The highest BCUT2D eigenvalue weighted by atomic mass is 35.5. The summed E-state index contributed by atoms with van der Waals surface area (Å²) in [7, 11) is 0. The van der Waals surface area contributed by atoms with Gasteiger partial charge >= 0.3 is 0 Å². The molecule has 0 N–H and O–H groups in total. The number of nitrogens with zero attached hydrogens (tertiary/aromatic N) is 1. The molecule has 0 radical (unpaired) electrons. The standard InChI is InChI=1S/C15H20ClNO/c1-11-4-3-5-12(2)17(11)15(18)14-8-6-13(10-16)7-9-14/h6-9,11-12H,3-5,10H2,1-2H3/t11-,12+. The smallest absolute Gasteiger partial charge is 0.254 e. The van der Waals surface area contributed by atoms with Crippen molar-refractivity contribution in [1.29, 1.82) is 0 Å². The Morgan fingerprint density at radius 1 is 1.22 bits per heavy atom. The Hall–Kier alpha value is -1.02. The Bertz CT molecular complexity index is 405. The highest BCUT2D eigenvalue weighted by Crippen LogP contribution is 2.24. The molecule has 3 heteroatoms. The van der Waals surface area contributed by atoms with Crippen molar-refractivity contribution in [1.82, 2.24) is 4.90 Å². The summed E-state index contributed by atoms with van der Waals surface area (Å²) in [6.07, 6.45) is 3.43. The van der Waals surface area contributed by atoms with Gasteiger partial charge in [0.15, 0.2) is 0 Å². The first-order valence-electron chi connectivity index (χ1n) is 6.61. The van der Waals surface area contributed by atoms with Gasteiger partial charge in [-0.1, -0.05) is 12.1 Å². The van der Waals surface area contributed by atoms with Crippen LogP contribution in [0.15, 0.2) is 24.3 Å². The van der Waals surface area contributed by atoms with E-state index in [0.717, 1.165) is 24.0 Å². The van der Waals surface area contributed by atoms with Gasteiger partial charge in [-0.05, 0) is 50.8 Å². The van der Waals surface area contributed by atoms with Crippen LogP contribution in [-0.2, 0) is 5.88 Å². The Labute approximate surface area is 114 Å². The Morgan fingerprint density at radius 3 is 2.28 bits per heavy atom. The van der Waals surface area contributed by atoms with E-state index in [1.165, 1.54) is 6.42 Å². The molecule has 1 amide bonds. The predicted molar refractivity (Wildman–Crippen MR) is 74.9 cm³/mol. The van der Waals surface area contributed by atoms with E-state index in [-0.39, 0.29) is 5.91 Å². The van der Waals surface area contributed by atoms with Crippen molar-refractivity contribution in [3.63, 3.8) is 0 Å². The van der Waals surface area contributed by atoms with E-state index < -0.39 is 0 Å². The summed E-state index contributed by atoms with van der Waals surface area (Å²) >= 11 is 5.76. The lowest BCUT2D eigenvalue weighted by atomic mass is 9.96. The molecule has 1 heterocycles. The van der Waals surface area contributed by atoms with Crippen LogP contribution in [0.3, 0.4) is 0 Å². The maximum atomic E-state index is 12.5. The molecular weight excluding hydrogens is 246 g/mol. The molecule has 1 fully saturated rings. The summed E-state index contributed by atoms with van der Waals surface area (Å²) in [5.74, 6) is 0.640. The molecule has 0 saturated carbocycles. The minimum absolute atomic E-state index is 0.149. The first-order chi connectivity index (χ1) is 8.63. The van der Waals surface area contributed by atoms with E-state index in [1.54, 1.807) is 0 Å². The largest absolute Gasteiger partial charge is 0.333 e.